The van der Waals surface area contributed by atoms with E-state index in [-0.39, 0.29) is 11.6 Å². The van der Waals surface area contributed by atoms with Gasteiger partial charge >= 0.3 is 0 Å². The normalized spacial score (nSPS) is 10.6. The fraction of sp³-hybridized carbons (Fsp3) is 0.167. The minimum Gasteiger partial charge on any atom is -0.494 e. The molecule has 0 fully saturated rings. The second kappa shape index (κ2) is 6.94. The standard InChI is InChI=1S/C18H17ClN4O2/c1-11-8-9-13(10-14(11)19)20-18(24)17-12(2)23(22-21-17)15-6-4-5-7-16(15)25-3/h4-10H,1-3H3,(H,20,24). The number of amides is 1. The van der Waals surface area contributed by atoms with Gasteiger partial charge in [0, 0.05) is 10.7 Å². The highest BCUT2D eigenvalue weighted by molar-refractivity contribution is 6.31. The number of aromatic nitrogens is 3. The van der Waals surface area contributed by atoms with Crippen LogP contribution in [-0.2, 0) is 0 Å². The third kappa shape index (κ3) is 3.34. The van der Waals surface area contributed by atoms with Gasteiger partial charge in [0.15, 0.2) is 5.69 Å². The Kier molecular flexibility index (Phi) is 4.72. The van der Waals surface area contributed by atoms with Gasteiger partial charge in [-0.25, -0.2) is 4.68 Å². The van der Waals surface area contributed by atoms with Crippen molar-refractivity contribution in [1.82, 2.24) is 15.0 Å². The van der Waals surface area contributed by atoms with Crippen LogP contribution in [0.1, 0.15) is 21.7 Å². The molecule has 0 saturated carbocycles. The van der Waals surface area contributed by atoms with Crippen molar-refractivity contribution in [1.29, 1.82) is 0 Å². The van der Waals surface area contributed by atoms with E-state index >= 15 is 0 Å². The number of nitrogens with one attached hydrogen (secondary N) is 1. The van der Waals surface area contributed by atoms with Crippen LogP contribution in [0, 0.1) is 13.8 Å². The molecule has 1 aromatic heterocycles. The van der Waals surface area contributed by atoms with E-state index in [2.05, 4.69) is 15.6 Å². The third-order valence-electron chi connectivity index (χ3n) is 3.85. The van der Waals surface area contributed by atoms with Crippen molar-refractivity contribution in [2.24, 2.45) is 0 Å². The molecule has 3 rings (SSSR count). The molecule has 0 aliphatic rings. The fourth-order valence-electron chi connectivity index (χ4n) is 2.43. The van der Waals surface area contributed by atoms with Crippen LogP contribution in [0.5, 0.6) is 5.75 Å². The molecule has 6 nitrogen and oxygen atoms in total. The molecule has 1 heterocycles. The highest BCUT2D eigenvalue weighted by Crippen LogP contribution is 2.24. The van der Waals surface area contributed by atoms with E-state index in [1.165, 1.54) is 0 Å². The SMILES string of the molecule is COc1ccccc1-n1nnc(C(=O)Nc2ccc(C)c(Cl)c2)c1C. The number of benzene rings is 2. The molecule has 128 valence electrons. The van der Waals surface area contributed by atoms with Crippen LogP contribution in [0.2, 0.25) is 5.02 Å². The van der Waals surface area contributed by atoms with Gasteiger partial charge < -0.3 is 10.1 Å². The summed E-state index contributed by atoms with van der Waals surface area (Å²) >= 11 is 6.09. The minimum absolute atomic E-state index is 0.239. The summed E-state index contributed by atoms with van der Waals surface area (Å²) in [5.41, 5.74) is 3.11. The number of hydrogen-bond donors (Lipinski definition) is 1. The summed E-state index contributed by atoms with van der Waals surface area (Å²) in [5, 5.41) is 11.5. The Hall–Kier alpha value is -2.86. The lowest BCUT2D eigenvalue weighted by atomic mass is 10.2. The summed E-state index contributed by atoms with van der Waals surface area (Å²) in [7, 11) is 1.58. The lowest BCUT2D eigenvalue weighted by Crippen LogP contribution is -2.14. The number of halogens is 1. The molecule has 2 aromatic carbocycles. The lowest BCUT2D eigenvalue weighted by Gasteiger charge is -2.09. The van der Waals surface area contributed by atoms with Gasteiger partial charge in [-0.3, -0.25) is 4.79 Å². The van der Waals surface area contributed by atoms with Crippen molar-refractivity contribution < 1.29 is 9.53 Å². The molecule has 25 heavy (non-hydrogen) atoms. The Morgan fingerprint density at radius 1 is 1.20 bits per heavy atom. The number of aryl methyl sites for hydroxylation is 1. The van der Waals surface area contributed by atoms with Crippen molar-refractivity contribution in [2.75, 3.05) is 12.4 Å². The minimum atomic E-state index is -0.349. The maximum absolute atomic E-state index is 12.5. The lowest BCUT2D eigenvalue weighted by molar-refractivity contribution is 0.102. The predicted molar refractivity (Wildman–Crippen MR) is 96.8 cm³/mol. The van der Waals surface area contributed by atoms with Gasteiger partial charge in [-0.1, -0.05) is 35.0 Å². The summed E-state index contributed by atoms with van der Waals surface area (Å²) in [6.07, 6.45) is 0. The number of rotatable bonds is 4. The largest absolute Gasteiger partial charge is 0.494 e. The molecule has 3 aromatic rings. The van der Waals surface area contributed by atoms with Gasteiger partial charge in [0.1, 0.15) is 11.4 Å². The molecule has 7 heteroatoms. The van der Waals surface area contributed by atoms with Crippen LogP contribution in [0.4, 0.5) is 5.69 Å². The summed E-state index contributed by atoms with van der Waals surface area (Å²) in [6.45, 7) is 3.68. The summed E-state index contributed by atoms with van der Waals surface area (Å²) in [6, 6.07) is 12.7. The Morgan fingerprint density at radius 3 is 2.68 bits per heavy atom. The van der Waals surface area contributed by atoms with Crippen molar-refractivity contribution in [3.63, 3.8) is 0 Å². The van der Waals surface area contributed by atoms with Gasteiger partial charge in [0.05, 0.1) is 12.8 Å². The number of carbonyl (C=O) groups is 1. The second-order valence-electron chi connectivity index (χ2n) is 5.53. The van der Waals surface area contributed by atoms with Gasteiger partial charge in [-0.05, 0) is 43.7 Å². The molecule has 0 bridgehead atoms. The van der Waals surface area contributed by atoms with E-state index < -0.39 is 0 Å². The Labute approximate surface area is 150 Å². The zero-order valence-corrected chi connectivity index (χ0v) is 14.8. The molecule has 0 aliphatic heterocycles. The third-order valence-corrected chi connectivity index (χ3v) is 4.26. The molecule has 1 N–H and O–H groups in total. The number of anilines is 1. The van der Waals surface area contributed by atoms with Crippen molar-refractivity contribution >= 4 is 23.2 Å². The molecule has 0 radical (unpaired) electrons. The smallest absolute Gasteiger partial charge is 0.278 e. The van der Waals surface area contributed by atoms with E-state index in [0.717, 1.165) is 5.56 Å². The average molecular weight is 357 g/mol. The Bertz CT molecular complexity index is 937. The molecular formula is C18H17ClN4O2. The summed E-state index contributed by atoms with van der Waals surface area (Å²) < 4.78 is 6.92. The molecule has 0 atom stereocenters. The number of para-hydroxylation sites is 2. The molecule has 0 spiro atoms. The Morgan fingerprint density at radius 2 is 1.96 bits per heavy atom. The van der Waals surface area contributed by atoms with Crippen LogP contribution in [-0.4, -0.2) is 28.0 Å². The molecular weight excluding hydrogens is 340 g/mol. The maximum atomic E-state index is 12.5. The Balaban J connectivity index is 1.90. The van der Waals surface area contributed by atoms with Gasteiger partial charge in [-0.15, -0.1) is 5.10 Å². The molecule has 1 amide bonds. The van der Waals surface area contributed by atoms with Crippen molar-refractivity contribution in [2.45, 2.75) is 13.8 Å². The van der Waals surface area contributed by atoms with E-state index in [1.54, 1.807) is 30.8 Å². The number of ether oxygens (including phenoxy) is 1. The fourth-order valence-corrected chi connectivity index (χ4v) is 2.61. The van der Waals surface area contributed by atoms with E-state index in [1.807, 2.05) is 37.3 Å². The molecule has 0 aliphatic carbocycles. The number of hydrogen-bond acceptors (Lipinski definition) is 4. The zero-order chi connectivity index (χ0) is 18.0. The van der Waals surface area contributed by atoms with Gasteiger partial charge in [0.2, 0.25) is 0 Å². The van der Waals surface area contributed by atoms with Crippen LogP contribution in [0.15, 0.2) is 42.5 Å². The summed E-state index contributed by atoms with van der Waals surface area (Å²) in [5.74, 6) is 0.298. The van der Waals surface area contributed by atoms with Gasteiger partial charge in [0.25, 0.3) is 5.91 Å². The van der Waals surface area contributed by atoms with E-state index in [9.17, 15) is 4.79 Å². The van der Waals surface area contributed by atoms with Crippen molar-refractivity contribution in [3.8, 4) is 11.4 Å². The second-order valence-corrected chi connectivity index (χ2v) is 5.93. The number of carbonyl (C=O) groups excluding carboxylic acids is 1. The first-order chi connectivity index (χ1) is 12.0. The first-order valence-corrected chi connectivity index (χ1v) is 8.02. The number of methoxy groups -OCH3 is 1. The van der Waals surface area contributed by atoms with Gasteiger partial charge in [-0.2, -0.15) is 0 Å². The van der Waals surface area contributed by atoms with Crippen molar-refractivity contribution in [3.05, 3.63) is 64.4 Å². The average Bonchev–Trinajstić information content (AvgIpc) is 2.99. The van der Waals surface area contributed by atoms with Crippen LogP contribution < -0.4 is 10.1 Å². The predicted octanol–water partition coefficient (Wildman–Crippen LogP) is 3.80. The zero-order valence-electron chi connectivity index (χ0n) is 14.1. The van der Waals surface area contributed by atoms with Crippen LogP contribution in [0.25, 0.3) is 5.69 Å². The van der Waals surface area contributed by atoms with Crippen LogP contribution in [0.3, 0.4) is 0 Å². The quantitative estimate of drug-likeness (QED) is 0.772. The highest BCUT2D eigenvalue weighted by Gasteiger charge is 2.19. The van der Waals surface area contributed by atoms with Crippen LogP contribution >= 0.6 is 11.6 Å². The van der Waals surface area contributed by atoms with E-state index in [4.69, 9.17) is 16.3 Å². The van der Waals surface area contributed by atoms with E-state index in [0.29, 0.717) is 27.8 Å². The number of nitrogens with zero attached hydrogens (tertiary/aromatic N) is 3. The molecule has 0 unspecified atom stereocenters. The molecule has 0 saturated heterocycles. The maximum Gasteiger partial charge on any atom is 0.278 e. The first kappa shape index (κ1) is 17.0. The monoisotopic (exact) mass is 356 g/mol. The topological polar surface area (TPSA) is 69.0 Å². The highest BCUT2D eigenvalue weighted by atomic mass is 35.5. The summed E-state index contributed by atoms with van der Waals surface area (Å²) in [4.78, 5) is 12.5. The first-order valence-electron chi connectivity index (χ1n) is 7.64.